The van der Waals surface area contributed by atoms with Crippen LogP contribution in [0.25, 0.3) is 0 Å². The van der Waals surface area contributed by atoms with Crippen molar-refractivity contribution < 1.29 is 9.53 Å². The van der Waals surface area contributed by atoms with Gasteiger partial charge < -0.3 is 15.4 Å². The average molecular weight is 298 g/mol. The van der Waals surface area contributed by atoms with E-state index >= 15 is 0 Å². The Morgan fingerprint density at radius 3 is 2.65 bits per heavy atom. The molecule has 1 saturated carbocycles. The number of hydrogen-bond acceptors (Lipinski definition) is 3. The summed E-state index contributed by atoms with van der Waals surface area (Å²) in [5, 5.41) is 0. The van der Waals surface area contributed by atoms with Gasteiger partial charge in [-0.3, -0.25) is 4.79 Å². The zero-order valence-corrected chi connectivity index (χ0v) is 13.2. The number of amides is 1. The topological polar surface area (TPSA) is 55.6 Å². The van der Waals surface area contributed by atoms with Crippen LogP contribution in [0.4, 0.5) is 0 Å². The van der Waals surface area contributed by atoms with Crippen LogP contribution >= 0.6 is 12.2 Å². The highest BCUT2D eigenvalue weighted by molar-refractivity contribution is 7.80. The van der Waals surface area contributed by atoms with Gasteiger partial charge in [-0.2, -0.15) is 0 Å². The number of carbonyl (C=O) groups is 1. The molecule has 0 aromatic carbocycles. The van der Waals surface area contributed by atoms with Crippen molar-refractivity contribution in [3.63, 3.8) is 0 Å². The van der Waals surface area contributed by atoms with E-state index in [-0.39, 0.29) is 5.91 Å². The zero-order valence-electron chi connectivity index (χ0n) is 12.4. The number of piperidine rings is 1. The Bertz CT molecular complexity index is 365. The number of rotatable bonds is 4. The molecule has 1 atom stereocenters. The zero-order chi connectivity index (χ0) is 14.6. The second kappa shape index (κ2) is 6.85. The summed E-state index contributed by atoms with van der Waals surface area (Å²) in [7, 11) is 1.72. The third-order valence-electron chi connectivity index (χ3n) is 4.80. The van der Waals surface area contributed by atoms with Crippen LogP contribution in [0.1, 0.15) is 44.9 Å². The molecule has 2 rings (SSSR count). The molecule has 4 nitrogen and oxygen atoms in total. The van der Waals surface area contributed by atoms with Crippen LogP contribution in [0, 0.1) is 11.3 Å². The number of hydrogen-bond donors (Lipinski definition) is 1. The average Bonchev–Trinajstić information content (AvgIpc) is 2.47. The smallest absolute Gasteiger partial charge is 0.235 e. The van der Waals surface area contributed by atoms with Gasteiger partial charge >= 0.3 is 0 Å². The van der Waals surface area contributed by atoms with Gasteiger partial charge in [0.15, 0.2) is 0 Å². The quantitative estimate of drug-likeness (QED) is 0.808. The second-order valence-electron chi connectivity index (χ2n) is 6.22. The van der Waals surface area contributed by atoms with E-state index in [4.69, 9.17) is 22.7 Å². The second-order valence-corrected chi connectivity index (χ2v) is 6.66. The van der Waals surface area contributed by atoms with E-state index in [9.17, 15) is 4.79 Å². The first-order valence-corrected chi connectivity index (χ1v) is 8.09. The minimum atomic E-state index is -0.567. The molecule has 0 spiro atoms. The lowest BCUT2D eigenvalue weighted by Crippen LogP contribution is -2.54. The third-order valence-corrected chi connectivity index (χ3v) is 5.19. The molecule has 2 fully saturated rings. The Hall–Kier alpha value is -0.680. The fourth-order valence-electron chi connectivity index (χ4n) is 3.64. The van der Waals surface area contributed by atoms with Gasteiger partial charge in [-0.1, -0.05) is 31.5 Å². The monoisotopic (exact) mass is 298 g/mol. The van der Waals surface area contributed by atoms with Crippen molar-refractivity contribution in [2.45, 2.75) is 44.9 Å². The first kappa shape index (κ1) is 15.7. The molecule has 1 amide bonds. The van der Waals surface area contributed by atoms with E-state index in [1.165, 1.54) is 6.42 Å². The summed E-state index contributed by atoms with van der Waals surface area (Å²) in [5.74, 6) is 0.621. The van der Waals surface area contributed by atoms with Crippen molar-refractivity contribution >= 4 is 23.1 Å². The minimum absolute atomic E-state index is 0.172. The van der Waals surface area contributed by atoms with E-state index < -0.39 is 5.41 Å². The summed E-state index contributed by atoms with van der Waals surface area (Å²) in [5.41, 5.74) is 5.40. The van der Waals surface area contributed by atoms with Crippen molar-refractivity contribution in [2.24, 2.45) is 17.1 Å². The van der Waals surface area contributed by atoms with Crippen molar-refractivity contribution in [1.82, 2.24) is 4.90 Å². The van der Waals surface area contributed by atoms with Crippen LogP contribution in [-0.2, 0) is 9.53 Å². The molecule has 2 N–H and O–H groups in total. The lowest BCUT2D eigenvalue weighted by atomic mass is 9.72. The third kappa shape index (κ3) is 3.14. The van der Waals surface area contributed by atoms with Gasteiger partial charge in [-0.15, -0.1) is 0 Å². The first-order valence-electron chi connectivity index (χ1n) is 7.68. The molecule has 0 radical (unpaired) electrons. The molecule has 2 aliphatic rings. The van der Waals surface area contributed by atoms with Gasteiger partial charge in [0, 0.05) is 20.2 Å². The summed E-state index contributed by atoms with van der Waals surface area (Å²) < 4.78 is 5.24. The molecule has 5 heteroatoms. The highest BCUT2D eigenvalue weighted by atomic mass is 32.1. The summed E-state index contributed by atoms with van der Waals surface area (Å²) in [6, 6.07) is 0. The molecule has 20 heavy (non-hydrogen) atoms. The van der Waals surface area contributed by atoms with Gasteiger partial charge in [0.1, 0.15) is 0 Å². The van der Waals surface area contributed by atoms with Crippen LogP contribution in [0.15, 0.2) is 0 Å². The molecule has 0 aromatic heterocycles. The molecular formula is C15H26N2O2S. The van der Waals surface area contributed by atoms with Gasteiger partial charge in [-0.05, 0) is 31.6 Å². The maximum atomic E-state index is 13.0. The van der Waals surface area contributed by atoms with E-state index in [1.54, 1.807) is 7.11 Å². The van der Waals surface area contributed by atoms with Crippen molar-refractivity contribution in [2.75, 3.05) is 26.8 Å². The summed E-state index contributed by atoms with van der Waals surface area (Å²) in [6.07, 6.45) is 7.13. The lowest BCUT2D eigenvalue weighted by molar-refractivity contribution is -0.142. The number of ether oxygens (including phenoxy) is 1. The Morgan fingerprint density at radius 2 is 2.05 bits per heavy atom. The molecule has 0 aromatic rings. The fourth-order valence-corrected chi connectivity index (χ4v) is 3.94. The Morgan fingerprint density at radius 1 is 1.35 bits per heavy atom. The van der Waals surface area contributed by atoms with E-state index in [0.29, 0.717) is 10.9 Å². The van der Waals surface area contributed by atoms with Crippen LogP contribution in [0.5, 0.6) is 0 Å². The lowest BCUT2D eigenvalue weighted by Gasteiger charge is -2.42. The van der Waals surface area contributed by atoms with Crippen LogP contribution < -0.4 is 5.73 Å². The van der Waals surface area contributed by atoms with Gasteiger partial charge in [0.25, 0.3) is 0 Å². The number of thiocarbonyl (C=S) groups is 1. The molecule has 1 heterocycles. The predicted octanol–water partition coefficient (Wildman–Crippen LogP) is 2.11. The molecular weight excluding hydrogens is 272 g/mol. The number of carbonyl (C=O) groups excluding carboxylic acids is 1. The highest BCUT2D eigenvalue weighted by Gasteiger charge is 2.45. The highest BCUT2D eigenvalue weighted by Crippen LogP contribution is 2.39. The van der Waals surface area contributed by atoms with E-state index in [1.807, 2.05) is 4.90 Å². The summed E-state index contributed by atoms with van der Waals surface area (Å²) in [4.78, 5) is 15.4. The number of methoxy groups -OCH3 is 1. The molecule has 1 aliphatic carbocycles. The van der Waals surface area contributed by atoms with Crippen molar-refractivity contribution in [3.05, 3.63) is 0 Å². The predicted molar refractivity (Wildman–Crippen MR) is 83.5 cm³/mol. The van der Waals surface area contributed by atoms with Crippen molar-refractivity contribution in [1.29, 1.82) is 0 Å². The summed E-state index contributed by atoms with van der Waals surface area (Å²) >= 11 is 5.26. The normalized spacial score (nSPS) is 26.2. The van der Waals surface area contributed by atoms with Crippen LogP contribution in [-0.4, -0.2) is 42.6 Å². The van der Waals surface area contributed by atoms with E-state index in [2.05, 4.69) is 0 Å². The minimum Gasteiger partial charge on any atom is -0.392 e. The maximum Gasteiger partial charge on any atom is 0.235 e. The maximum absolute atomic E-state index is 13.0. The molecule has 0 bridgehead atoms. The van der Waals surface area contributed by atoms with Crippen LogP contribution in [0.2, 0.25) is 0 Å². The molecule has 1 aliphatic heterocycles. The van der Waals surface area contributed by atoms with Gasteiger partial charge in [0.2, 0.25) is 5.91 Å². The van der Waals surface area contributed by atoms with Crippen molar-refractivity contribution in [3.8, 4) is 0 Å². The summed E-state index contributed by atoms with van der Waals surface area (Å²) in [6.45, 7) is 2.35. The van der Waals surface area contributed by atoms with Gasteiger partial charge in [0.05, 0.1) is 17.0 Å². The largest absolute Gasteiger partial charge is 0.392 e. The van der Waals surface area contributed by atoms with Gasteiger partial charge in [-0.25, -0.2) is 0 Å². The number of likely N-dealkylation sites (tertiary alicyclic amines) is 1. The van der Waals surface area contributed by atoms with E-state index in [0.717, 1.165) is 58.2 Å². The number of nitrogens with zero attached hydrogens (tertiary/aromatic N) is 1. The van der Waals surface area contributed by atoms with Crippen LogP contribution in [0.3, 0.4) is 0 Å². The Balaban J connectivity index is 2.09. The molecule has 114 valence electrons. The Kier molecular flexibility index (Phi) is 5.38. The molecule has 1 saturated heterocycles. The Labute approximate surface area is 127 Å². The number of nitrogens with two attached hydrogens (primary N) is 1. The SMILES string of the molecule is COCC1CCCN(C(=O)C2(C(N)=S)CCCCC2)C1. The molecule has 1 unspecified atom stereocenters. The first-order chi connectivity index (χ1) is 9.60. The fraction of sp³-hybridized carbons (Fsp3) is 0.867. The standard InChI is InChI=1S/C15H26N2O2S/c1-19-11-12-6-5-9-17(10-12)14(18)15(13(16)20)7-3-2-4-8-15/h12H,2-11H2,1H3,(H2,16,20).